The van der Waals surface area contributed by atoms with Crippen LogP contribution in [0.1, 0.15) is 28.4 Å². The van der Waals surface area contributed by atoms with Crippen molar-refractivity contribution in [3.8, 4) is 0 Å². The van der Waals surface area contributed by atoms with Crippen LogP contribution < -0.4 is 10.6 Å². The molecule has 0 aliphatic rings. The number of anilines is 1. The Kier molecular flexibility index (Phi) is 4.27. The number of thiazole rings is 1. The van der Waals surface area contributed by atoms with E-state index < -0.39 is 0 Å². The molecule has 6 heteroatoms. The fraction of sp³-hybridized carbons (Fsp3) is 0.417. The van der Waals surface area contributed by atoms with E-state index in [1.165, 1.54) is 4.88 Å². The van der Waals surface area contributed by atoms with Crippen molar-refractivity contribution in [3.63, 3.8) is 0 Å². The van der Waals surface area contributed by atoms with Crippen LogP contribution in [0.5, 0.6) is 0 Å². The molecule has 0 bridgehead atoms. The number of hydrogen-bond acceptors (Lipinski definition) is 5. The number of hydrogen-bond donors (Lipinski definition) is 1. The number of thiophene rings is 1. The molecule has 1 unspecified atom stereocenters. The molecule has 98 valence electrons. The normalized spacial score (nSPS) is 12.7. The Balaban J connectivity index is 2.13. The van der Waals surface area contributed by atoms with Crippen molar-refractivity contribution in [1.82, 2.24) is 4.98 Å². The highest BCUT2D eigenvalue weighted by atomic mass is 35.5. The Morgan fingerprint density at radius 2 is 2.17 bits per heavy atom. The minimum Gasteiger partial charge on any atom is -0.346 e. The Hall–Kier alpha value is -0.620. The molecule has 0 spiro atoms. The van der Waals surface area contributed by atoms with Crippen molar-refractivity contribution in [2.75, 3.05) is 11.9 Å². The molecule has 2 aromatic rings. The smallest absolute Gasteiger partial charge is 0.185 e. The first-order valence-electron chi connectivity index (χ1n) is 5.65. The van der Waals surface area contributed by atoms with E-state index in [0.717, 1.165) is 26.6 Å². The Morgan fingerprint density at radius 3 is 2.67 bits per heavy atom. The van der Waals surface area contributed by atoms with E-state index in [4.69, 9.17) is 17.3 Å². The second-order valence-electron chi connectivity index (χ2n) is 4.30. The average Bonchev–Trinajstić information content (AvgIpc) is 2.85. The predicted molar refractivity (Wildman–Crippen MR) is 80.9 cm³/mol. The molecule has 0 radical (unpaired) electrons. The summed E-state index contributed by atoms with van der Waals surface area (Å²) in [6.45, 7) is 4.82. The van der Waals surface area contributed by atoms with E-state index in [1.54, 1.807) is 22.7 Å². The van der Waals surface area contributed by atoms with Gasteiger partial charge in [-0.15, -0.1) is 22.7 Å². The summed E-state index contributed by atoms with van der Waals surface area (Å²) in [4.78, 5) is 9.09. The van der Waals surface area contributed by atoms with Gasteiger partial charge in [-0.25, -0.2) is 4.98 Å². The van der Waals surface area contributed by atoms with Crippen molar-refractivity contribution in [1.29, 1.82) is 0 Å². The van der Waals surface area contributed by atoms with E-state index in [0.29, 0.717) is 0 Å². The summed E-state index contributed by atoms with van der Waals surface area (Å²) >= 11 is 9.20. The molecule has 1 atom stereocenters. The van der Waals surface area contributed by atoms with Gasteiger partial charge in [0.05, 0.1) is 16.6 Å². The molecule has 0 aliphatic carbocycles. The fourth-order valence-corrected chi connectivity index (χ4v) is 3.84. The van der Waals surface area contributed by atoms with Gasteiger partial charge >= 0.3 is 0 Å². The second kappa shape index (κ2) is 5.57. The molecule has 2 N–H and O–H groups in total. The monoisotopic (exact) mass is 301 g/mol. The second-order valence-corrected chi connectivity index (χ2v) is 7.11. The van der Waals surface area contributed by atoms with Crippen LogP contribution in [0.4, 0.5) is 5.13 Å². The van der Waals surface area contributed by atoms with Crippen LogP contribution in [0.3, 0.4) is 0 Å². The van der Waals surface area contributed by atoms with Crippen LogP contribution in [0.15, 0.2) is 12.1 Å². The number of aryl methyl sites for hydroxylation is 1. The van der Waals surface area contributed by atoms with Crippen molar-refractivity contribution in [3.05, 3.63) is 31.9 Å². The average molecular weight is 302 g/mol. The molecule has 0 fully saturated rings. The van der Waals surface area contributed by atoms with Gasteiger partial charge < -0.3 is 10.6 Å². The standard InChI is InChI=1S/C12H16ClN3S2/c1-7(14)11-8(2)15-12(18-11)16(3)6-9-4-5-10(13)17-9/h4-5,7H,6,14H2,1-3H3. The SMILES string of the molecule is Cc1nc(N(C)Cc2ccc(Cl)s2)sc1C(C)N. The van der Waals surface area contributed by atoms with Gasteiger partial charge in [0.25, 0.3) is 0 Å². The molecule has 3 nitrogen and oxygen atoms in total. The van der Waals surface area contributed by atoms with E-state index in [-0.39, 0.29) is 6.04 Å². The van der Waals surface area contributed by atoms with E-state index >= 15 is 0 Å². The number of nitrogens with two attached hydrogens (primary N) is 1. The first kappa shape index (κ1) is 13.8. The number of halogens is 1. The Bertz CT molecular complexity index is 533. The third kappa shape index (κ3) is 3.03. The molecular formula is C12H16ClN3S2. The molecule has 0 saturated heterocycles. The fourth-order valence-electron chi connectivity index (χ4n) is 1.72. The molecule has 0 aromatic carbocycles. The minimum absolute atomic E-state index is 0.0424. The number of aromatic nitrogens is 1. The molecule has 18 heavy (non-hydrogen) atoms. The van der Waals surface area contributed by atoms with E-state index in [9.17, 15) is 0 Å². The Labute approximate surface area is 120 Å². The summed E-state index contributed by atoms with van der Waals surface area (Å²) in [7, 11) is 2.04. The lowest BCUT2D eigenvalue weighted by atomic mass is 10.2. The summed E-state index contributed by atoms with van der Waals surface area (Å²) in [6.07, 6.45) is 0. The molecule has 2 heterocycles. The van der Waals surface area contributed by atoms with Crippen LogP contribution in [-0.2, 0) is 6.54 Å². The summed E-state index contributed by atoms with van der Waals surface area (Å²) in [5, 5.41) is 1.00. The third-order valence-corrected chi connectivity index (χ3v) is 5.27. The van der Waals surface area contributed by atoms with Crippen LogP contribution in [0.25, 0.3) is 0 Å². The summed E-state index contributed by atoms with van der Waals surface area (Å²) < 4.78 is 0.824. The largest absolute Gasteiger partial charge is 0.346 e. The zero-order chi connectivity index (χ0) is 13.3. The topological polar surface area (TPSA) is 42.2 Å². The minimum atomic E-state index is 0.0424. The molecule has 2 aromatic heterocycles. The summed E-state index contributed by atoms with van der Waals surface area (Å²) in [5.41, 5.74) is 6.95. The van der Waals surface area contributed by atoms with Gasteiger partial charge in [-0.05, 0) is 26.0 Å². The van der Waals surface area contributed by atoms with Gasteiger partial charge in [0, 0.05) is 22.8 Å². The lowest BCUT2D eigenvalue weighted by Crippen LogP contribution is -2.15. The van der Waals surface area contributed by atoms with Gasteiger partial charge in [0.2, 0.25) is 0 Å². The van der Waals surface area contributed by atoms with E-state index in [1.807, 2.05) is 27.0 Å². The summed E-state index contributed by atoms with van der Waals surface area (Å²) in [6, 6.07) is 4.02. The van der Waals surface area contributed by atoms with Gasteiger partial charge in [0.15, 0.2) is 5.13 Å². The zero-order valence-corrected chi connectivity index (χ0v) is 13.0. The molecule has 0 amide bonds. The van der Waals surface area contributed by atoms with Gasteiger partial charge in [-0.2, -0.15) is 0 Å². The maximum absolute atomic E-state index is 5.93. The van der Waals surface area contributed by atoms with E-state index in [2.05, 4.69) is 16.0 Å². The van der Waals surface area contributed by atoms with Crippen molar-refractivity contribution < 1.29 is 0 Å². The number of rotatable bonds is 4. The zero-order valence-electron chi connectivity index (χ0n) is 10.6. The van der Waals surface area contributed by atoms with Gasteiger partial charge in [-0.3, -0.25) is 0 Å². The quantitative estimate of drug-likeness (QED) is 0.933. The lowest BCUT2D eigenvalue weighted by molar-refractivity contribution is 0.824. The molecular weight excluding hydrogens is 286 g/mol. The highest BCUT2D eigenvalue weighted by Gasteiger charge is 2.14. The first-order chi connectivity index (χ1) is 8.47. The van der Waals surface area contributed by atoms with Crippen molar-refractivity contribution in [2.45, 2.75) is 26.4 Å². The van der Waals surface area contributed by atoms with Crippen LogP contribution in [0.2, 0.25) is 4.34 Å². The first-order valence-corrected chi connectivity index (χ1v) is 7.66. The highest BCUT2D eigenvalue weighted by molar-refractivity contribution is 7.16. The van der Waals surface area contributed by atoms with Gasteiger partial charge in [0.1, 0.15) is 0 Å². The molecule has 0 saturated carbocycles. The van der Waals surface area contributed by atoms with Crippen molar-refractivity contribution in [2.24, 2.45) is 5.73 Å². The summed E-state index contributed by atoms with van der Waals surface area (Å²) in [5.74, 6) is 0. The highest BCUT2D eigenvalue weighted by Crippen LogP contribution is 2.31. The van der Waals surface area contributed by atoms with Crippen molar-refractivity contribution >= 4 is 39.4 Å². The molecule has 2 rings (SSSR count). The maximum atomic E-state index is 5.93. The van der Waals surface area contributed by atoms with Gasteiger partial charge in [-0.1, -0.05) is 11.6 Å². The van der Waals surface area contributed by atoms with Crippen LogP contribution in [-0.4, -0.2) is 12.0 Å². The predicted octanol–water partition coefficient (Wildman–Crippen LogP) is 3.82. The third-order valence-electron chi connectivity index (χ3n) is 2.58. The van der Waals surface area contributed by atoms with Crippen LogP contribution >= 0.6 is 34.3 Å². The molecule has 0 aliphatic heterocycles. The lowest BCUT2D eigenvalue weighted by Gasteiger charge is -2.14. The Morgan fingerprint density at radius 1 is 1.44 bits per heavy atom. The van der Waals surface area contributed by atoms with Crippen LogP contribution in [0, 0.1) is 6.92 Å². The number of nitrogens with zero attached hydrogens (tertiary/aromatic N) is 2. The maximum Gasteiger partial charge on any atom is 0.185 e.